The first-order valence-corrected chi connectivity index (χ1v) is 7.45. The van der Waals surface area contributed by atoms with Crippen LogP contribution in [0.4, 0.5) is 5.69 Å². The quantitative estimate of drug-likeness (QED) is 0.903. The molecule has 3 nitrogen and oxygen atoms in total. The van der Waals surface area contributed by atoms with Gasteiger partial charge in [-0.25, -0.2) is 0 Å². The van der Waals surface area contributed by atoms with Gasteiger partial charge in [0, 0.05) is 18.3 Å². The fourth-order valence-corrected chi connectivity index (χ4v) is 3.26. The molecule has 1 amide bonds. The van der Waals surface area contributed by atoms with Crippen molar-refractivity contribution in [2.75, 3.05) is 18.0 Å². The lowest BCUT2D eigenvalue weighted by atomic mass is 9.95. The normalized spacial score (nSPS) is 19.3. The van der Waals surface area contributed by atoms with Crippen molar-refractivity contribution in [3.8, 4) is 0 Å². The van der Waals surface area contributed by atoms with Gasteiger partial charge >= 0.3 is 0 Å². The molecule has 1 N–H and O–H groups in total. The third kappa shape index (κ3) is 2.91. The van der Waals surface area contributed by atoms with Gasteiger partial charge in [0.1, 0.15) is 0 Å². The second-order valence-corrected chi connectivity index (χ2v) is 5.70. The third-order valence-corrected chi connectivity index (χ3v) is 4.29. The zero-order valence-corrected chi connectivity index (χ0v) is 11.4. The molecule has 0 aromatic heterocycles. The fraction of sp³-hybridized carbons (Fsp3) is 0.562. The molecule has 3 rings (SSSR count). The molecule has 1 saturated carbocycles. The minimum atomic E-state index is 0.184. The van der Waals surface area contributed by atoms with Crippen LogP contribution in [0.15, 0.2) is 24.3 Å². The molecule has 1 aromatic carbocycles. The molecule has 0 atom stereocenters. The number of carbonyl (C=O) groups is 1. The van der Waals surface area contributed by atoms with Crippen molar-refractivity contribution in [2.45, 2.75) is 44.6 Å². The summed E-state index contributed by atoms with van der Waals surface area (Å²) >= 11 is 0. The van der Waals surface area contributed by atoms with Crippen molar-refractivity contribution in [3.05, 3.63) is 29.8 Å². The molecule has 1 aliphatic carbocycles. The molecular weight excluding hydrogens is 236 g/mol. The average molecular weight is 258 g/mol. The van der Waals surface area contributed by atoms with E-state index in [1.807, 2.05) is 0 Å². The highest BCUT2D eigenvalue weighted by Crippen LogP contribution is 2.27. The van der Waals surface area contributed by atoms with E-state index in [4.69, 9.17) is 0 Å². The molecule has 0 unspecified atom stereocenters. The Labute approximate surface area is 115 Å². The summed E-state index contributed by atoms with van der Waals surface area (Å²) in [6.07, 6.45) is 7.22. The van der Waals surface area contributed by atoms with Crippen molar-refractivity contribution in [1.29, 1.82) is 0 Å². The molecule has 19 heavy (non-hydrogen) atoms. The van der Waals surface area contributed by atoms with Crippen LogP contribution in [0.1, 0.15) is 37.7 Å². The maximum absolute atomic E-state index is 12.1. The summed E-state index contributed by atoms with van der Waals surface area (Å²) in [5, 5.41) is 3.20. The SMILES string of the molecule is O=C(CN1CCc2ccccc21)NC1CCCCC1. The van der Waals surface area contributed by atoms with Crippen molar-refractivity contribution in [2.24, 2.45) is 0 Å². The van der Waals surface area contributed by atoms with E-state index in [-0.39, 0.29) is 5.91 Å². The van der Waals surface area contributed by atoms with E-state index in [1.165, 1.54) is 30.5 Å². The Bertz CT molecular complexity index is 452. The minimum Gasteiger partial charge on any atom is -0.362 e. The smallest absolute Gasteiger partial charge is 0.239 e. The van der Waals surface area contributed by atoms with Gasteiger partial charge in [-0.1, -0.05) is 37.5 Å². The van der Waals surface area contributed by atoms with E-state index in [1.54, 1.807) is 0 Å². The van der Waals surface area contributed by atoms with E-state index in [0.29, 0.717) is 12.6 Å². The second-order valence-electron chi connectivity index (χ2n) is 5.70. The molecule has 1 fully saturated rings. The Morgan fingerprint density at radius 2 is 2.00 bits per heavy atom. The summed E-state index contributed by atoms with van der Waals surface area (Å²) in [5.41, 5.74) is 2.61. The van der Waals surface area contributed by atoms with Crippen LogP contribution in [0.25, 0.3) is 0 Å². The molecule has 2 aliphatic rings. The standard InChI is InChI=1S/C16H22N2O/c19-16(17-14-7-2-1-3-8-14)12-18-11-10-13-6-4-5-9-15(13)18/h4-6,9,14H,1-3,7-8,10-12H2,(H,17,19). The molecule has 0 bridgehead atoms. The molecule has 102 valence electrons. The van der Waals surface area contributed by atoms with Gasteiger partial charge in [0.05, 0.1) is 6.54 Å². The number of hydrogen-bond acceptors (Lipinski definition) is 2. The first kappa shape index (κ1) is 12.5. The minimum absolute atomic E-state index is 0.184. The number of benzene rings is 1. The number of nitrogens with zero attached hydrogens (tertiary/aromatic N) is 1. The van der Waals surface area contributed by atoms with Crippen molar-refractivity contribution >= 4 is 11.6 Å². The van der Waals surface area contributed by atoms with E-state index in [9.17, 15) is 4.79 Å². The lowest BCUT2D eigenvalue weighted by Crippen LogP contribution is -2.42. The van der Waals surface area contributed by atoms with Crippen LogP contribution in [0.2, 0.25) is 0 Å². The predicted octanol–water partition coefficient (Wildman–Crippen LogP) is 2.50. The van der Waals surface area contributed by atoms with Crippen LogP contribution in [-0.2, 0) is 11.2 Å². The van der Waals surface area contributed by atoms with Crippen LogP contribution in [0.3, 0.4) is 0 Å². The highest BCUT2D eigenvalue weighted by Gasteiger charge is 2.22. The van der Waals surface area contributed by atoms with Gasteiger partial charge in [0.2, 0.25) is 5.91 Å². The molecule has 0 spiro atoms. The molecule has 0 saturated heterocycles. The number of fused-ring (bicyclic) bond motifs is 1. The summed E-state index contributed by atoms with van der Waals surface area (Å²) in [5.74, 6) is 0.184. The predicted molar refractivity (Wildman–Crippen MR) is 77.4 cm³/mol. The van der Waals surface area contributed by atoms with Crippen LogP contribution in [0, 0.1) is 0 Å². The van der Waals surface area contributed by atoms with Gasteiger partial charge < -0.3 is 10.2 Å². The van der Waals surface area contributed by atoms with Gasteiger partial charge in [-0.3, -0.25) is 4.79 Å². The van der Waals surface area contributed by atoms with Gasteiger partial charge in [-0.15, -0.1) is 0 Å². The van der Waals surface area contributed by atoms with Gasteiger partial charge in [-0.2, -0.15) is 0 Å². The number of nitrogens with one attached hydrogen (secondary N) is 1. The summed E-state index contributed by atoms with van der Waals surface area (Å²) < 4.78 is 0. The zero-order chi connectivity index (χ0) is 13.1. The highest BCUT2D eigenvalue weighted by molar-refractivity contribution is 5.82. The Hall–Kier alpha value is -1.51. The molecular formula is C16H22N2O. The average Bonchev–Trinajstić information content (AvgIpc) is 2.83. The third-order valence-electron chi connectivity index (χ3n) is 4.29. The number of para-hydroxylation sites is 1. The van der Waals surface area contributed by atoms with Gasteiger partial charge in [0.15, 0.2) is 0 Å². The molecule has 0 radical (unpaired) electrons. The summed E-state index contributed by atoms with van der Waals surface area (Å²) in [6.45, 7) is 1.48. The summed E-state index contributed by atoms with van der Waals surface area (Å²) in [6, 6.07) is 8.82. The van der Waals surface area contributed by atoms with E-state index >= 15 is 0 Å². The zero-order valence-electron chi connectivity index (χ0n) is 11.4. The Morgan fingerprint density at radius 1 is 1.21 bits per heavy atom. The van der Waals surface area contributed by atoms with Crippen LogP contribution in [0.5, 0.6) is 0 Å². The Balaban J connectivity index is 1.55. The molecule has 3 heteroatoms. The fourth-order valence-electron chi connectivity index (χ4n) is 3.26. The van der Waals surface area contributed by atoms with E-state index < -0.39 is 0 Å². The summed E-state index contributed by atoms with van der Waals surface area (Å²) in [7, 11) is 0. The lowest BCUT2D eigenvalue weighted by Gasteiger charge is -2.25. The number of anilines is 1. The topological polar surface area (TPSA) is 32.3 Å². The van der Waals surface area contributed by atoms with Gasteiger partial charge in [-0.05, 0) is 30.9 Å². The van der Waals surface area contributed by atoms with Crippen LogP contribution < -0.4 is 10.2 Å². The highest BCUT2D eigenvalue weighted by atomic mass is 16.2. The summed E-state index contributed by atoms with van der Waals surface area (Å²) in [4.78, 5) is 14.3. The molecule has 1 aliphatic heterocycles. The first-order valence-electron chi connectivity index (χ1n) is 7.45. The van der Waals surface area contributed by atoms with E-state index in [0.717, 1.165) is 25.8 Å². The van der Waals surface area contributed by atoms with Crippen molar-refractivity contribution in [3.63, 3.8) is 0 Å². The molecule has 1 aromatic rings. The Kier molecular flexibility index (Phi) is 3.72. The number of hydrogen-bond donors (Lipinski definition) is 1. The Morgan fingerprint density at radius 3 is 2.84 bits per heavy atom. The number of amides is 1. The second kappa shape index (κ2) is 5.64. The van der Waals surface area contributed by atoms with E-state index in [2.05, 4.69) is 34.5 Å². The van der Waals surface area contributed by atoms with Crippen LogP contribution in [-0.4, -0.2) is 25.0 Å². The molecule has 1 heterocycles. The van der Waals surface area contributed by atoms with Crippen LogP contribution >= 0.6 is 0 Å². The monoisotopic (exact) mass is 258 g/mol. The largest absolute Gasteiger partial charge is 0.362 e. The maximum atomic E-state index is 12.1. The van der Waals surface area contributed by atoms with Gasteiger partial charge in [0.25, 0.3) is 0 Å². The lowest BCUT2D eigenvalue weighted by molar-refractivity contribution is -0.120. The number of carbonyl (C=O) groups excluding carboxylic acids is 1. The number of rotatable bonds is 3. The first-order chi connectivity index (χ1) is 9.33. The van der Waals surface area contributed by atoms with Crippen molar-refractivity contribution < 1.29 is 4.79 Å². The van der Waals surface area contributed by atoms with Crippen molar-refractivity contribution in [1.82, 2.24) is 5.32 Å². The maximum Gasteiger partial charge on any atom is 0.239 e.